The molecule has 1 heterocycles. The molecule has 0 saturated carbocycles. The Morgan fingerprint density at radius 1 is 1.31 bits per heavy atom. The third-order valence-corrected chi connectivity index (χ3v) is 5.91. The Labute approximate surface area is 204 Å². The lowest BCUT2D eigenvalue weighted by Gasteiger charge is -2.20. The Morgan fingerprint density at radius 2 is 1.97 bits per heavy atom. The number of aromatic nitrogens is 1. The maximum Gasteiger partial charge on any atom is 0.451 e. The number of carbonyl (C=O) groups is 1. The van der Waals surface area contributed by atoms with Crippen LogP contribution in [0, 0.1) is 12.7 Å². The lowest BCUT2D eigenvalue weighted by atomic mass is 10.1. The van der Waals surface area contributed by atoms with E-state index in [-0.39, 0.29) is 22.4 Å². The van der Waals surface area contributed by atoms with Gasteiger partial charge in [-0.25, -0.2) is 19.4 Å². The van der Waals surface area contributed by atoms with Crippen molar-refractivity contribution in [2.75, 3.05) is 0 Å². The summed E-state index contributed by atoms with van der Waals surface area (Å²) in [7, 11) is 0. The maximum atomic E-state index is 15.4. The number of amides is 1. The number of carbonyl (C=O) groups excluding carboxylic acids is 1. The van der Waals surface area contributed by atoms with Crippen LogP contribution in [0.3, 0.4) is 0 Å². The molecular formula is C23H26F4N4O3S. The number of aliphatic imine (C=N–C) groups is 2. The zero-order valence-electron chi connectivity index (χ0n) is 19.8. The van der Waals surface area contributed by atoms with Crippen molar-refractivity contribution in [1.82, 2.24) is 10.3 Å². The van der Waals surface area contributed by atoms with E-state index in [4.69, 9.17) is 4.74 Å². The Bertz CT molecular complexity index is 1140. The molecular weight excluding hydrogens is 488 g/mol. The molecule has 2 N–H and O–H groups in total. The van der Waals surface area contributed by atoms with Gasteiger partial charge in [-0.2, -0.15) is 13.2 Å². The normalized spacial score (nSPS) is 15.4. The van der Waals surface area contributed by atoms with Crippen LogP contribution in [0.2, 0.25) is 0 Å². The molecule has 0 aliphatic heterocycles. The third-order valence-electron chi connectivity index (χ3n) is 4.97. The fraction of sp³-hybridized carbons (Fsp3) is 0.391. The number of hydrogen-bond donors (Lipinski definition) is 2. The summed E-state index contributed by atoms with van der Waals surface area (Å²) in [6.07, 6.45) is -3.78. The van der Waals surface area contributed by atoms with E-state index in [9.17, 15) is 23.1 Å². The van der Waals surface area contributed by atoms with E-state index in [0.29, 0.717) is 5.01 Å². The highest BCUT2D eigenvalue weighted by Gasteiger charge is 2.35. The minimum atomic E-state index is -4.78. The van der Waals surface area contributed by atoms with Gasteiger partial charge in [-0.1, -0.05) is 0 Å². The largest absolute Gasteiger partial charge is 0.488 e. The first-order chi connectivity index (χ1) is 16.2. The van der Waals surface area contributed by atoms with Crippen molar-refractivity contribution in [3.8, 4) is 16.3 Å². The highest BCUT2D eigenvalue weighted by molar-refractivity contribution is 7.14. The molecule has 0 spiro atoms. The van der Waals surface area contributed by atoms with E-state index in [2.05, 4.69) is 27.0 Å². The number of ether oxygens (including phenoxy) is 1. The summed E-state index contributed by atoms with van der Waals surface area (Å²) < 4.78 is 59.4. The second-order valence-corrected chi connectivity index (χ2v) is 9.08. The number of nitrogens with one attached hydrogen (secondary N) is 1. The molecule has 12 heteroatoms. The Hall–Kier alpha value is -3.12. The smallest absolute Gasteiger partial charge is 0.451 e. The lowest BCUT2D eigenvalue weighted by Crippen LogP contribution is -2.34. The molecule has 2 unspecified atom stereocenters. The third kappa shape index (κ3) is 7.43. The molecule has 190 valence electrons. The summed E-state index contributed by atoms with van der Waals surface area (Å²) in [6.45, 7) is 10.8. The number of halogens is 4. The van der Waals surface area contributed by atoms with Crippen molar-refractivity contribution in [3.05, 3.63) is 46.4 Å². The molecule has 1 aromatic heterocycles. The highest BCUT2D eigenvalue weighted by Crippen LogP contribution is 2.33. The summed E-state index contributed by atoms with van der Waals surface area (Å²) in [5, 5.41) is 12.6. The van der Waals surface area contributed by atoms with E-state index < -0.39 is 42.0 Å². The topological polar surface area (TPSA) is 96.2 Å². The van der Waals surface area contributed by atoms with E-state index >= 15 is 4.39 Å². The summed E-state index contributed by atoms with van der Waals surface area (Å²) >= 11 is 1.22. The van der Waals surface area contributed by atoms with Gasteiger partial charge in [-0.3, -0.25) is 4.79 Å². The second kappa shape index (κ2) is 11.5. The average Bonchev–Trinajstić information content (AvgIpc) is 3.19. The Morgan fingerprint density at radius 3 is 2.49 bits per heavy atom. The average molecular weight is 515 g/mol. The van der Waals surface area contributed by atoms with Gasteiger partial charge in [0, 0.05) is 23.3 Å². The Balaban J connectivity index is 2.40. The zero-order valence-corrected chi connectivity index (χ0v) is 20.6. The number of amidine groups is 1. The van der Waals surface area contributed by atoms with Crippen LogP contribution in [0.5, 0.6) is 5.75 Å². The van der Waals surface area contributed by atoms with Gasteiger partial charge >= 0.3 is 6.18 Å². The van der Waals surface area contributed by atoms with Gasteiger partial charge in [0.1, 0.15) is 22.7 Å². The van der Waals surface area contributed by atoms with E-state index in [1.54, 1.807) is 20.0 Å². The van der Waals surface area contributed by atoms with Crippen LogP contribution in [0.15, 0.2) is 40.1 Å². The fourth-order valence-corrected chi connectivity index (χ4v) is 3.42. The maximum absolute atomic E-state index is 15.4. The van der Waals surface area contributed by atoms with Gasteiger partial charge in [-0.15, -0.1) is 11.3 Å². The first kappa shape index (κ1) is 28.1. The van der Waals surface area contributed by atoms with Crippen LogP contribution < -0.4 is 10.1 Å². The van der Waals surface area contributed by atoms with E-state index in [0.717, 1.165) is 11.1 Å². The summed E-state index contributed by atoms with van der Waals surface area (Å²) in [6, 6.07) is 1.80. The van der Waals surface area contributed by atoms with Gasteiger partial charge in [0.15, 0.2) is 0 Å². The molecule has 2 rings (SSSR count). The molecule has 35 heavy (non-hydrogen) atoms. The summed E-state index contributed by atoms with van der Waals surface area (Å²) in [4.78, 5) is 24.1. The number of aliphatic hydroxyl groups excluding tert-OH is 1. The van der Waals surface area contributed by atoms with Crippen LogP contribution in [0.1, 0.15) is 42.9 Å². The molecule has 0 radical (unpaired) electrons. The molecule has 0 aliphatic rings. The van der Waals surface area contributed by atoms with Crippen LogP contribution in [0.25, 0.3) is 10.6 Å². The number of nitrogens with zero attached hydrogens (tertiary/aromatic N) is 3. The summed E-state index contributed by atoms with van der Waals surface area (Å²) in [5.41, 5.74) is -0.0509. The molecule has 1 amide bonds. The molecule has 0 saturated heterocycles. The number of aliphatic hydroxyl groups is 1. The molecule has 2 aromatic rings. The molecule has 0 fully saturated rings. The van der Waals surface area contributed by atoms with Crippen molar-refractivity contribution < 1.29 is 32.2 Å². The fourth-order valence-electron chi connectivity index (χ4n) is 2.65. The SMILES string of the molecule is C=N/C(=N\C=C(/C)[C@@H](C)NC(=O)c1cc(OC(C)C(C)O)cc(-c2ncc(C)s2)c1F)C(F)(F)F. The van der Waals surface area contributed by atoms with Gasteiger partial charge < -0.3 is 15.2 Å². The van der Waals surface area contributed by atoms with Gasteiger partial charge in [-0.05, 0) is 59.0 Å². The monoisotopic (exact) mass is 514 g/mol. The first-order valence-electron chi connectivity index (χ1n) is 10.4. The predicted molar refractivity (Wildman–Crippen MR) is 128 cm³/mol. The van der Waals surface area contributed by atoms with Crippen LogP contribution >= 0.6 is 11.3 Å². The molecule has 3 atom stereocenters. The lowest BCUT2D eigenvalue weighted by molar-refractivity contribution is -0.0596. The molecule has 0 aliphatic carbocycles. The number of thiazole rings is 1. The molecule has 7 nitrogen and oxygen atoms in total. The van der Waals surface area contributed by atoms with Crippen molar-refractivity contribution in [2.45, 2.75) is 59.0 Å². The predicted octanol–water partition coefficient (Wildman–Crippen LogP) is 5.09. The number of benzene rings is 1. The van der Waals surface area contributed by atoms with Gasteiger partial charge in [0.05, 0.1) is 17.2 Å². The second-order valence-electron chi connectivity index (χ2n) is 7.85. The number of hydrogen-bond acceptors (Lipinski definition) is 6. The van der Waals surface area contributed by atoms with E-state index in [1.807, 2.05) is 0 Å². The number of alkyl halides is 3. The molecule has 0 bridgehead atoms. The highest BCUT2D eigenvalue weighted by atomic mass is 32.1. The van der Waals surface area contributed by atoms with Gasteiger partial charge in [0.2, 0.25) is 5.84 Å². The van der Waals surface area contributed by atoms with Gasteiger partial charge in [0.25, 0.3) is 5.91 Å². The number of aryl methyl sites for hydroxylation is 1. The number of rotatable bonds is 8. The van der Waals surface area contributed by atoms with E-state index in [1.165, 1.54) is 44.2 Å². The Kier molecular flexibility index (Phi) is 9.27. The minimum absolute atomic E-state index is 0.0416. The minimum Gasteiger partial charge on any atom is -0.488 e. The summed E-state index contributed by atoms with van der Waals surface area (Å²) in [5.74, 6) is -2.95. The van der Waals surface area contributed by atoms with Crippen molar-refractivity contribution in [2.24, 2.45) is 9.98 Å². The first-order valence-corrected chi connectivity index (χ1v) is 11.3. The quantitative estimate of drug-likeness (QED) is 0.291. The molecule has 1 aromatic carbocycles. The zero-order chi connectivity index (χ0) is 26.5. The van der Waals surface area contributed by atoms with Crippen molar-refractivity contribution >= 4 is 29.8 Å². The van der Waals surface area contributed by atoms with Crippen LogP contribution in [-0.4, -0.2) is 53.0 Å². The van der Waals surface area contributed by atoms with Crippen LogP contribution in [0.4, 0.5) is 17.6 Å². The van der Waals surface area contributed by atoms with Crippen molar-refractivity contribution in [1.29, 1.82) is 0 Å². The van der Waals surface area contributed by atoms with Crippen molar-refractivity contribution in [3.63, 3.8) is 0 Å². The standard InChI is InChI=1S/C23H26F4N4O3S/c1-11(9-30-22(28-6)23(25,26)27)13(3)31-20(33)17-7-16(34-15(5)14(4)32)8-18(19(17)24)21-29-10-12(2)35-21/h7-10,13-15,32H,6H2,1-5H3,(H,31,33)/b11-9+,30-22-/t13-,14?,15?/m1/s1. The van der Waals surface area contributed by atoms with Crippen LogP contribution in [-0.2, 0) is 0 Å².